The van der Waals surface area contributed by atoms with Crippen molar-refractivity contribution < 1.29 is 0 Å². The van der Waals surface area contributed by atoms with Gasteiger partial charge in [0.05, 0.1) is 0 Å². The van der Waals surface area contributed by atoms with Gasteiger partial charge in [0.25, 0.3) is 0 Å². The average Bonchev–Trinajstić information content (AvgIpc) is 2.66. The summed E-state index contributed by atoms with van der Waals surface area (Å²) >= 11 is 8.45. The highest BCUT2D eigenvalue weighted by Crippen LogP contribution is 2.42. The molecule has 0 saturated heterocycles. The summed E-state index contributed by atoms with van der Waals surface area (Å²) in [6.45, 7) is 1.04. The largest absolute Gasteiger partial charge is 0.309 e. The van der Waals surface area contributed by atoms with Gasteiger partial charge in [-0.1, -0.05) is 48.0 Å². The van der Waals surface area contributed by atoms with E-state index < -0.39 is 0 Å². The molecule has 114 valence electrons. The van der Waals surface area contributed by atoms with Crippen molar-refractivity contribution >= 4 is 28.9 Å². The van der Waals surface area contributed by atoms with Gasteiger partial charge < -0.3 is 4.90 Å². The predicted molar refractivity (Wildman–Crippen MR) is 97.7 cm³/mol. The number of rotatable bonds is 3. The molecule has 2 aromatic carbocycles. The summed E-state index contributed by atoms with van der Waals surface area (Å²) in [6.07, 6.45) is 3.36. The van der Waals surface area contributed by atoms with Gasteiger partial charge in [-0.15, -0.1) is 11.8 Å². The highest BCUT2D eigenvalue weighted by atomic mass is 35.5. The van der Waals surface area contributed by atoms with E-state index in [4.69, 9.17) is 11.6 Å². The fourth-order valence-electron chi connectivity index (χ4n) is 2.77. The molecule has 0 atom stereocenters. The monoisotopic (exact) mass is 329 g/mol. The molecule has 0 aromatic heterocycles. The van der Waals surface area contributed by atoms with E-state index in [1.165, 1.54) is 27.2 Å². The van der Waals surface area contributed by atoms with Crippen LogP contribution in [0.1, 0.15) is 23.1 Å². The number of hydrogen-bond donors (Lipinski definition) is 0. The Morgan fingerprint density at radius 1 is 1.14 bits per heavy atom. The third-order valence-corrected chi connectivity index (χ3v) is 5.29. The van der Waals surface area contributed by atoms with Crippen molar-refractivity contribution in [2.45, 2.75) is 17.1 Å². The van der Waals surface area contributed by atoms with Gasteiger partial charge in [0.15, 0.2) is 0 Å². The Labute approximate surface area is 142 Å². The van der Waals surface area contributed by atoms with Crippen LogP contribution < -0.4 is 0 Å². The van der Waals surface area contributed by atoms with E-state index >= 15 is 0 Å². The van der Waals surface area contributed by atoms with Crippen LogP contribution in [-0.2, 0) is 5.75 Å². The number of benzene rings is 2. The van der Waals surface area contributed by atoms with Gasteiger partial charge in [-0.25, -0.2) is 0 Å². The van der Waals surface area contributed by atoms with Crippen molar-refractivity contribution in [1.82, 2.24) is 4.90 Å². The molecule has 3 rings (SSSR count). The molecule has 1 aliphatic rings. The van der Waals surface area contributed by atoms with Gasteiger partial charge in [0.1, 0.15) is 0 Å². The minimum atomic E-state index is 0.853. The minimum absolute atomic E-state index is 0.853. The molecular weight excluding hydrogens is 310 g/mol. The van der Waals surface area contributed by atoms with Crippen LogP contribution in [0.5, 0.6) is 0 Å². The van der Waals surface area contributed by atoms with Crippen molar-refractivity contribution in [2.24, 2.45) is 0 Å². The second-order valence-corrected chi connectivity index (χ2v) is 7.19. The maximum absolute atomic E-state index is 6.56. The van der Waals surface area contributed by atoms with Gasteiger partial charge in [-0.3, -0.25) is 0 Å². The fourth-order valence-corrected chi connectivity index (χ4v) is 4.13. The van der Waals surface area contributed by atoms with Crippen LogP contribution >= 0.6 is 23.4 Å². The Morgan fingerprint density at radius 3 is 2.77 bits per heavy atom. The summed E-state index contributed by atoms with van der Waals surface area (Å²) in [4.78, 5) is 3.55. The van der Waals surface area contributed by atoms with Crippen LogP contribution in [0, 0.1) is 0 Å². The Balaban J connectivity index is 2.13. The molecule has 1 heterocycles. The third kappa shape index (κ3) is 3.24. The zero-order chi connectivity index (χ0) is 15.5. The summed E-state index contributed by atoms with van der Waals surface area (Å²) in [6, 6.07) is 14.9. The zero-order valence-electron chi connectivity index (χ0n) is 13.0. The average molecular weight is 330 g/mol. The molecule has 2 aromatic rings. The van der Waals surface area contributed by atoms with Crippen LogP contribution in [0.15, 0.2) is 53.4 Å². The third-order valence-electron chi connectivity index (χ3n) is 3.85. The molecule has 0 amide bonds. The minimum Gasteiger partial charge on any atom is -0.309 e. The summed E-state index contributed by atoms with van der Waals surface area (Å²) in [5.74, 6) is 0.970. The second kappa shape index (κ2) is 6.91. The molecule has 22 heavy (non-hydrogen) atoms. The molecule has 0 fully saturated rings. The van der Waals surface area contributed by atoms with Crippen molar-refractivity contribution in [2.75, 3.05) is 20.6 Å². The van der Waals surface area contributed by atoms with Gasteiger partial charge >= 0.3 is 0 Å². The highest BCUT2D eigenvalue weighted by molar-refractivity contribution is 7.98. The topological polar surface area (TPSA) is 3.24 Å². The van der Waals surface area contributed by atoms with Crippen molar-refractivity contribution in [3.63, 3.8) is 0 Å². The zero-order valence-corrected chi connectivity index (χ0v) is 14.5. The maximum atomic E-state index is 6.56. The summed E-state index contributed by atoms with van der Waals surface area (Å²) in [5, 5.41) is 0.853. The number of thioether (sulfide) groups is 1. The smallest absolute Gasteiger partial charge is 0.0487 e. The standard InChI is InChI=1S/C19H20ClNS/c1-21(2)12-6-9-16-15-8-3-4-11-18(15)22-13-14-7-5-10-17(20)19(14)16/h3-5,7-11H,6,12-13H2,1-2H3/b16-9+. The first-order chi connectivity index (χ1) is 10.7. The fraction of sp³-hybridized carbons (Fsp3) is 0.263. The lowest BCUT2D eigenvalue weighted by molar-refractivity contribution is 0.417. The highest BCUT2D eigenvalue weighted by Gasteiger charge is 2.20. The Hall–Kier alpha value is -1.22. The lowest BCUT2D eigenvalue weighted by Gasteiger charge is -2.14. The Morgan fingerprint density at radius 2 is 1.95 bits per heavy atom. The van der Waals surface area contributed by atoms with E-state index in [9.17, 15) is 0 Å². The summed E-state index contributed by atoms with van der Waals surface area (Å²) < 4.78 is 0. The van der Waals surface area contributed by atoms with Crippen molar-refractivity contribution in [3.8, 4) is 0 Å². The molecule has 0 unspecified atom stereocenters. The van der Waals surface area contributed by atoms with Crippen molar-refractivity contribution in [1.29, 1.82) is 0 Å². The normalized spacial score (nSPS) is 15.5. The first kappa shape index (κ1) is 15.7. The van der Waals surface area contributed by atoms with Crippen LogP contribution in [0.25, 0.3) is 5.57 Å². The van der Waals surface area contributed by atoms with Gasteiger partial charge in [-0.05, 0) is 49.3 Å². The van der Waals surface area contributed by atoms with Crippen molar-refractivity contribution in [3.05, 3.63) is 70.3 Å². The Kier molecular flexibility index (Phi) is 4.92. The van der Waals surface area contributed by atoms with Gasteiger partial charge in [0.2, 0.25) is 0 Å². The van der Waals surface area contributed by atoms with Gasteiger partial charge in [-0.2, -0.15) is 0 Å². The number of halogens is 1. The summed E-state index contributed by atoms with van der Waals surface area (Å²) in [5.41, 5.74) is 5.12. The van der Waals surface area contributed by atoms with E-state index in [2.05, 4.69) is 61.5 Å². The quantitative estimate of drug-likeness (QED) is 0.748. The van der Waals surface area contributed by atoms with E-state index in [1.54, 1.807) is 0 Å². The molecule has 1 nitrogen and oxygen atoms in total. The molecule has 0 N–H and O–H groups in total. The molecule has 0 aliphatic carbocycles. The van der Waals surface area contributed by atoms with Crippen LogP contribution in [0.2, 0.25) is 5.02 Å². The number of fused-ring (bicyclic) bond motifs is 2. The molecule has 1 aliphatic heterocycles. The van der Waals surface area contributed by atoms with Crippen LogP contribution in [0.4, 0.5) is 0 Å². The van der Waals surface area contributed by atoms with Crippen LogP contribution in [0.3, 0.4) is 0 Å². The Bertz CT molecular complexity index is 706. The van der Waals surface area contributed by atoms with Gasteiger partial charge in [0, 0.05) is 27.8 Å². The van der Waals surface area contributed by atoms with Crippen LogP contribution in [-0.4, -0.2) is 25.5 Å². The van der Waals surface area contributed by atoms with E-state index in [0.717, 1.165) is 23.7 Å². The lowest BCUT2D eigenvalue weighted by atomic mass is 9.93. The second-order valence-electron chi connectivity index (χ2n) is 5.77. The maximum Gasteiger partial charge on any atom is 0.0487 e. The molecule has 3 heteroatoms. The molecule has 0 saturated carbocycles. The van der Waals surface area contributed by atoms with E-state index in [1.807, 2.05) is 17.8 Å². The first-order valence-electron chi connectivity index (χ1n) is 7.51. The molecule has 0 radical (unpaired) electrons. The SMILES string of the molecule is CN(C)CC/C=C1\c2ccccc2SCc2cccc(Cl)c21. The predicted octanol–water partition coefficient (Wildman–Crippen LogP) is 5.33. The number of nitrogens with zero attached hydrogens (tertiary/aromatic N) is 1. The molecular formula is C19H20ClNS. The first-order valence-corrected chi connectivity index (χ1v) is 8.88. The number of hydrogen-bond acceptors (Lipinski definition) is 2. The lowest BCUT2D eigenvalue weighted by Crippen LogP contribution is -2.12. The molecule has 0 spiro atoms. The van der Waals surface area contributed by atoms with E-state index in [0.29, 0.717) is 0 Å². The molecule has 0 bridgehead atoms. The van der Waals surface area contributed by atoms with E-state index in [-0.39, 0.29) is 0 Å². The summed E-state index contributed by atoms with van der Waals surface area (Å²) in [7, 11) is 4.21.